The Bertz CT molecular complexity index is 305. The molecular formula is C19H36O5. The summed E-state index contributed by atoms with van der Waals surface area (Å²) >= 11 is 0. The molecule has 0 fully saturated rings. The quantitative estimate of drug-likeness (QED) is 0.167. The molecule has 0 saturated carbocycles. The fourth-order valence-electron chi connectivity index (χ4n) is 2.65. The highest BCUT2D eigenvalue weighted by Gasteiger charge is 2.28. The van der Waals surface area contributed by atoms with Crippen LogP contribution in [0.1, 0.15) is 70.6 Å². The summed E-state index contributed by atoms with van der Waals surface area (Å²) in [6, 6.07) is 0. The number of rotatable bonds is 17. The molecule has 0 amide bonds. The van der Waals surface area contributed by atoms with Crippen LogP contribution in [-0.4, -0.2) is 39.9 Å². The van der Waals surface area contributed by atoms with Gasteiger partial charge in [-0.3, -0.25) is 0 Å². The van der Waals surface area contributed by atoms with Crippen molar-refractivity contribution in [1.82, 2.24) is 0 Å². The van der Waals surface area contributed by atoms with Crippen molar-refractivity contribution in [1.29, 1.82) is 0 Å². The lowest BCUT2D eigenvalue weighted by molar-refractivity contribution is -0.355. The van der Waals surface area contributed by atoms with Crippen LogP contribution in [0.5, 0.6) is 0 Å². The highest BCUT2D eigenvalue weighted by Crippen LogP contribution is 2.21. The molecule has 0 atom stereocenters. The van der Waals surface area contributed by atoms with Crippen molar-refractivity contribution in [2.75, 3.05) is 27.9 Å². The van der Waals surface area contributed by atoms with Crippen LogP contribution in [-0.2, 0) is 23.7 Å². The third-order valence-corrected chi connectivity index (χ3v) is 4.22. The van der Waals surface area contributed by atoms with E-state index in [2.05, 4.69) is 6.58 Å². The van der Waals surface area contributed by atoms with E-state index in [4.69, 9.17) is 18.9 Å². The maximum absolute atomic E-state index is 10.8. The standard InChI is InChI=1S/C19H36O5/c1-5-18(20)24-17-15-13-11-9-7-6-8-10-12-14-16-19(21-2,22-3)23-4/h5H,1,6-17H2,2-4H3. The fraction of sp³-hybridized carbons (Fsp3) is 0.842. The van der Waals surface area contributed by atoms with E-state index in [1.165, 1.54) is 51.0 Å². The maximum atomic E-state index is 10.8. The van der Waals surface area contributed by atoms with Gasteiger partial charge in [0.05, 0.1) is 6.61 Å². The summed E-state index contributed by atoms with van der Waals surface area (Å²) in [6.45, 7) is 3.88. The van der Waals surface area contributed by atoms with Gasteiger partial charge in [0.2, 0.25) is 0 Å². The van der Waals surface area contributed by atoms with Gasteiger partial charge in [-0.1, -0.05) is 57.9 Å². The minimum absolute atomic E-state index is 0.325. The van der Waals surface area contributed by atoms with Crippen molar-refractivity contribution in [3.8, 4) is 0 Å². The van der Waals surface area contributed by atoms with Crippen molar-refractivity contribution in [3.05, 3.63) is 12.7 Å². The lowest BCUT2D eigenvalue weighted by atomic mass is 10.1. The minimum atomic E-state index is -0.875. The van der Waals surface area contributed by atoms with Crippen LogP contribution >= 0.6 is 0 Å². The molecule has 0 aromatic heterocycles. The molecule has 0 saturated heterocycles. The Morgan fingerprint density at radius 3 is 1.62 bits per heavy atom. The van der Waals surface area contributed by atoms with E-state index in [1.54, 1.807) is 21.3 Å². The molecule has 5 heteroatoms. The average Bonchev–Trinajstić information content (AvgIpc) is 2.62. The van der Waals surface area contributed by atoms with E-state index in [1.807, 2.05) is 0 Å². The predicted molar refractivity (Wildman–Crippen MR) is 95.7 cm³/mol. The fourth-order valence-corrected chi connectivity index (χ4v) is 2.65. The zero-order chi connectivity index (χ0) is 18.1. The lowest BCUT2D eigenvalue weighted by Crippen LogP contribution is -2.35. The van der Waals surface area contributed by atoms with Crippen LogP contribution in [0, 0.1) is 0 Å². The Kier molecular flexibility index (Phi) is 15.0. The molecule has 0 N–H and O–H groups in total. The van der Waals surface area contributed by atoms with Gasteiger partial charge in [0.25, 0.3) is 5.97 Å². The molecule has 0 rings (SSSR count). The first-order chi connectivity index (χ1) is 11.6. The summed E-state index contributed by atoms with van der Waals surface area (Å²) in [6.07, 6.45) is 13.8. The van der Waals surface area contributed by atoms with E-state index in [9.17, 15) is 4.79 Å². The molecule has 5 nitrogen and oxygen atoms in total. The average molecular weight is 344 g/mol. The Balaban J connectivity index is 3.31. The third kappa shape index (κ3) is 11.6. The van der Waals surface area contributed by atoms with Gasteiger partial charge in [0.15, 0.2) is 0 Å². The molecule has 0 spiro atoms. The van der Waals surface area contributed by atoms with Crippen molar-refractivity contribution >= 4 is 5.97 Å². The number of carbonyl (C=O) groups is 1. The van der Waals surface area contributed by atoms with Crippen LogP contribution < -0.4 is 0 Å². The van der Waals surface area contributed by atoms with Crippen molar-refractivity contribution in [3.63, 3.8) is 0 Å². The van der Waals surface area contributed by atoms with Crippen LogP contribution in [0.2, 0.25) is 0 Å². The summed E-state index contributed by atoms with van der Waals surface area (Å²) in [5.41, 5.74) is 0. The summed E-state index contributed by atoms with van der Waals surface area (Å²) in [5.74, 6) is -1.20. The first kappa shape index (κ1) is 23.1. The largest absolute Gasteiger partial charge is 0.463 e. The number of esters is 1. The molecule has 0 aliphatic heterocycles. The zero-order valence-electron chi connectivity index (χ0n) is 15.8. The highest BCUT2D eigenvalue weighted by molar-refractivity contribution is 5.81. The van der Waals surface area contributed by atoms with Crippen molar-refractivity contribution < 1.29 is 23.7 Å². The molecule has 0 radical (unpaired) electrons. The number of carbonyl (C=O) groups excluding carboxylic acids is 1. The van der Waals surface area contributed by atoms with Gasteiger partial charge in [-0.15, -0.1) is 0 Å². The number of unbranched alkanes of at least 4 members (excludes halogenated alkanes) is 9. The second-order valence-electron chi connectivity index (χ2n) is 5.95. The first-order valence-electron chi connectivity index (χ1n) is 9.08. The van der Waals surface area contributed by atoms with Crippen molar-refractivity contribution in [2.24, 2.45) is 0 Å². The SMILES string of the molecule is C=CC(=O)OCCCCCCCCCCCCC(OC)(OC)OC. The normalized spacial score (nSPS) is 11.5. The molecule has 0 bridgehead atoms. The molecular weight excluding hydrogens is 308 g/mol. The zero-order valence-corrected chi connectivity index (χ0v) is 15.8. The van der Waals surface area contributed by atoms with Gasteiger partial charge in [0.1, 0.15) is 0 Å². The molecule has 0 aromatic rings. The number of hydrogen-bond donors (Lipinski definition) is 0. The van der Waals surface area contributed by atoms with Gasteiger partial charge in [-0.25, -0.2) is 4.79 Å². The number of hydrogen-bond acceptors (Lipinski definition) is 5. The van der Waals surface area contributed by atoms with E-state index >= 15 is 0 Å². The van der Waals surface area contributed by atoms with Gasteiger partial charge in [-0.05, 0) is 12.8 Å². The summed E-state index contributed by atoms with van der Waals surface area (Å²) in [4.78, 5) is 10.8. The molecule has 0 aliphatic rings. The van der Waals surface area contributed by atoms with E-state index in [-0.39, 0.29) is 5.97 Å². The van der Waals surface area contributed by atoms with E-state index < -0.39 is 5.97 Å². The van der Waals surface area contributed by atoms with Gasteiger partial charge in [0, 0.05) is 33.8 Å². The summed E-state index contributed by atoms with van der Waals surface area (Å²) in [7, 11) is 4.82. The highest BCUT2D eigenvalue weighted by atomic mass is 16.9. The monoisotopic (exact) mass is 344 g/mol. The number of methoxy groups -OCH3 is 3. The lowest BCUT2D eigenvalue weighted by Gasteiger charge is -2.28. The smallest absolute Gasteiger partial charge is 0.330 e. The predicted octanol–water partition coefficient (Wildman–Crippen LogP) is 4.60. The van der Waals surface area contributed by atoms with Gasteiger partial charge in [-0.2, -0.15) is 0 Å². The summed E-state index contributed by atoms with van der Waals surface area (Å²) < 4.78 is 20.8. The molecule has 142 valence electrons. The first-order valence-corrected chi connectivity index (χ1v) is 9.08. The van der Waals surface area contributed by atoms with Crippen LogP contribution in [0.3, 0.4) is 0 Å². The third-order valence-electron chi connectivity index (χ3n) is 4.22. The molecule has 0 aromatic carbocycles. The molecule has 0 unspecified atom stereocenters. The van der Waals surface area contributed by atoms with E-state index in [0.29, 0.717) is 6.61 Å². The van der Waals surface area contributed by atoms with Crippen LogP contribution in [0.4, 0.5) is 0 Å². The van der Waals surface area contributed by atoms with Crippen molar-refractivity contribution in [2.45, 2.75) is 76.6 Å². The second-order valence-corrected chi connectivity index (χ2v) is 5.95. The summed E-state index contributed by atoms with van der Waals surface area (Å²) in [5, 5.41) is 0. The Morgan fingerprint density at radius 2 is 1.21 bits per heavy atom. The van der Waals surface area contributed by atoms with Crippen LogP contribution in [0.15, 0.2) is 12.7 Å². The molecule has 0 heterocycles. The molecule has 0 aliphatic carbocycles. The minimum Gasteiger partial charge on any atom is -0.463 e. The second kappa shape index (κ2) is 15.6. The Labute approximate surface area is 147 Å². The molecule has 24 heavy (non-hydrogen) atoms. The van der Waals surface area contributed by atoms with Gasteiger partial charge >= 0.3 is 5.97 Å². The topological polar surface area (TPSA) is 54.0 Å². The van der Waals surface area contributed by atoms with Crippen LogP contribution in [0.25, 0.3) is 0 Å². The Morgan fingerprint density at radius 1 is 0.792 bits per heavy atom. The maximum Gasteiger partial charge on any atom is 0.330 e. The Hall–Kier alpha value is -0.910. The van der Waals surface area contributed by atoms with E-state index in [0.717, 1.165) is 25.7 Å². The number of ether oxygens (including phenoxy) is 4. The van der Waals surface area contributed by atoms with Gasteiger partial charge < -0.3 is 18.9 Å².